The van der Waals surface area contributed by atoms with Crippen molar-refractivity contribution in [3.8, 4) is 0 Å². The van der Waals surface area contributed by atoms with Crippen molar-refractivity contribution in [3.63, 3.8) is 0 Å². The van der Waals surface area contributed by atoms with E-state index in [1.165, 1.54) is 16.8 Å². The Balaban J connectivity index is 2.30. The molecule has 0 aliphatic heterocycles. The summed E-state index contributed by atoms with van der Waals surface area (Å²) in [5.41, 5.74) is 4.88. The lowest BCUT2D eigenvalue weighted by Gasteiger charge is -2.19. The Morgan fingerprint density at radius 2 is 2.05 bits per heavy atom. The third-order valence-corrected chi connectivity index (χ3v) is 4.11. The smallest absolute Gasteiger partial charge is 0.0596 e. The summed E-state index contributed by atoms with van der Waals surface area (Å²) >= 11 is 3.65. The summed E-state index contributed by atoms with van der Waals surface area (Å²) in [6.07, 6.45) is 0.926. The van der Waals surface area contributed by atoms with Crippen LogP contribution in [0.4, 0.5) is 0 Å². The van der Waals surface area contributed by atoms with Gasteiger partial charge in [-0.25, -0.2) is 0 Å². The fourth-order valence-corrected chi connectivity index (χ4v) is 2.89. The summed E-state index contributed by atoms with van der Waals surface area (Å²) in [6.45, 7) is 4.15. The number of nitrogens with one attached hydrogen (secondary N) is 1. The molecule has 3 nitrogen and oxygen atoms in total. The summed E-state index contributed by atoms with van der Waals surface area (Å²) in [7, 11) is 4.00. The quantitative estimate of drug-likeness (QED) is 0.936. The average Bonchev–Trinajstić information content (AvgIpc) is 2.68. The predicted molar refractivity (Wildman–Crippen MR) is 82.3 cm³/mol. The van der Waals surface area contributed by atoms with Gasteiger partial charge in [0.05, 0.1) is 5.69 Å². The van der Waals surface area contributed by atoms with Gasteiger partial charge >= 0.3 is 0 Å². The second-order valence-corrected chi connectivity index (χ2v) is 5.83. The van der Waals surface area contributed by atoms with Gasteiger partial charge in [-0.2, -0.15) is 5.10 Å². The van der Waals surface area contributed by atoms with Crippen molar-refractivity contribution in [2.24, 2.45) is 7.05 Å². The molecular weight excluding hydrogens is 302 g/mol. The number of hydrogen-bond acceptors (Lipinski definition) is 2. The van der Waals surface area contributed by atoms with Crippen molar-refractivity contribution in [2.75, 3.05) is 7.05 Å². The normalized spacial score (nSPS) is 12.7. The molecule has 0 radical (unpaired) electrons. The Hall–Kier alpha value is -1.13. The third kappa shape index (κ3) is 3.25. The van der Waals surface area contributed by atoms with E-state index < -0.39 is 0 Å². The Bertz CT molecular complexity index is 575. The number of benzene rings is 1. The first kappa shape index (κ1) is 14.3. The van der Waals surface area contributed by atoms with Gasteiger partial charge in [0, 0.05) is 29.7 Å². The Labute approximate surface area is 123 Å². The van der Waals surface area contributed by atoms with Crippen molar-refractivity contribution in [1.29, 1.82) is 0 Å². The molecule has 0 fully saturated rings. The molecule has 0 saturated carbocycles. The molecule has 4 heteroatoms. The molecule has 0 aliphatic carbocycles. The second kappa shape index (κ2) is 5.88. The van der Waals surface area contributed by atoms with Gasteiger partial charge in [-0.3, -0.25) is 4.68 Å². The molecule has 1 atom stereocenters. The van der Waals surface area contributed by atoms with Gasteiger partial charge in [0.15, 0.2) is 0 Å². The molecular formula is C15H20BrN3. The highest BCUT2D eigenvalue weighted by atomic mass is 79.9. The molecule has 2 aromatic rings. The predicted octanol–water partition coefficient (Wildman–Crippen LogP) is 3.30. The molecule has 1 heterocycles. The van der Waals surface area contributed by atoms with Crippen LogP contribution in [0.1, 0.15) is 28.6 Å². The van der Waals surface area contributed by atoms with E-state index in [0.29, 0.717) is 0 Å². The van der Waals surface area contributed by atoms with Crippen LogP contribution in [0.3, 0.4) is 0 Å². The Kier molecular flexibility index (Phi) is 4.42. The molecule has 1 aromatic heterocycles. The highest BCUT2D eigenvalue weighted by molar-refractivity contribution is 9.10. The van der Waals surface area contributed by atoms with Crippen LogP contribution in [0.25, 0.3) is 0 Å². The van der Waals surface area contributed by atoms with Crippen molar-refractivity contribution in [1.82, 2.24) is 15.1 Å². The van der Waals surface area contributed by atoms with Crippen LogP contribution in [0.5, 0.6) is 0 Å². The molecule has 1 aromatic carbocycles. The zero-order chi connectivity index (χ0) is 14.0. The Morgan fingerprint density at radius 1 is 1.32 bits per heavy atom. The minimum absolute atomic E-state index is 0.282. The van der Waals surface area contributed by atoms with E-state index >= 15 is 0 Å². The molecule has 2 rings (SSSR count). The van der Waals surface area contributed by atoms with Gasteiger partial charge in [0.2, 0.25) is 0 Å². The lowest BCUT2D eigenvalue weighted by atomic mass is 10.00. The topological polar surface area (TPSA) is 29.9 Å². The standard InChI is InChI=1S/C15H20BrN3/c1-10-5-6-14(16)13(7-10)15(17-3)9-12-8-11(2)18-19(12)4/h5-8,15,17H,9H2,1-4H3. The first-order valence-electron chi connectivity index (χ1n) is 6.44. The first-order chi connectivity index (χ1) is 9.01. The van der Waals surface area contributed by atoms with E-state index in [1.54, 1.807) is 0 Å². The number of aryl methyl sites for hydroxylation is 3. The van der Waals surface area contributed by atoms with Crippen molar-refractivity contribution in [2.45, 2.75) is 26.3 Å². The molecule has 19 heavy (non-hydrogen) atoms. The monoisotopic (exact) mass is 321 g/mol. The number of halogens is 1. The number of hydrogen-bond donors (Lipinski definition) is 1. The third-order valence-electron chi connectivity index (χ3n) is 3.39. The summed E-state index contributed by atoms with van der Waals surface area (Å²) in [5.74, 6) is 0. The zero-order valence-electron chi connectivity index (χ0n) is 11.9. The van der Waals surface area contributed by atoms with Crippen LogP contribution in [-0.2, 0) is 13.5 Å². The molecule has 1 N–H and O–H groups in total. The molecule has 0 amide bonds. The van der Waals surface area contributed by atoms with E-state index in [0.717, 1.165) is 16.6 Å². The zero-order valence-corrected chi connectivity index (χ0v) is 13.5. The Morgan fingerprint density at radius 3 is 2.63 bits per heavy atom. The highest BCUT2D eigenvalue weighted by Gasteiger charge is 2.15. The second-order valence-electron chi connectivity index (χ2n) is 4.97. The average molecular weight is 322 g/mol. The fourth-order valence-electron chi connectivity index (χ4n) is 2.36. The van der Waals surface area contributed by atoms with Crippen LogP contribution in [-0.4, -0.2) is 16.8 Å². The van der Waals surface area contributed by atoms with E-state index in [9.17, 15) is 0 Å². The van der Waals surface area contributed by atoms with Crippen molar-refractivity contribution in [3.05, 3.63) is 51.3 Å². The summed E-state index contributed by atoms with van der Waals surface area (Å²) < 4.78 is 3.11. The summed E-state index contributed by atoms with van der Waals surface area (Å²) in [4.78, 5) is 0. The van der Waals surface area contributed by atoms with E-state index in [4.69, 9.17) is 0 Å². The van der Waals surface area contributed by atoms with Crippen molar-refractivity contribution >= 4 is 15.9 Å². The van der Waals surface area contributed by atoms with Crippen LogP contribution in [0.2, 0.25) is 0 Å². The maximum atomic E-state index is 4.41. The summed E-state index contributed by atoms with van der Waals surface area (Å²) in [5, 5.41) is 7.81. The maximum absolute atomic E-state index is 4.41. The lowest BCUT2D eigenvalue weighted by molar-refractivity contribution is 0.559. The van der Waals surface area contributed by atoms with Crippen LogP contribution < -0.4 is 5.32 Å². The maximum Gasteiger partial charge on any atom is 0.0596 e. The van der Waals surface area contributed by atoms with Gasteiger partial charge in [-0.1, -0.05) is 33.6 Å². The van der Waals surface area contributed by atoms with E-state index in [2.05, 4.69) is 57.5 Å². The first-order valence-corrected chi connectivity index (χ1v) is 7.23. The number of likely N-dealkylation sites (N-methyl/N-ethyl adjacent to an activating group) is 1. The largest absolute Gasteiger partial charge is 0.313 e. The van der Waals surface area contributed by atoms with Gasteiger partial charge in [0.1, 0.15) is 0 Å². The lowest BCUT2D eigenvalue weighted by Crippen LogP contribution is -2.20. The summed E-state index contributed by atoms with van der Waals surface area (Å²) in [6, 6.07) is 8.89. The molecule has 0 spiro atoms. The van der Waals surface area contributed by atoms with Crippen LogP contribution in [0, 0.1) is 13.8 Å². The minimum Gasteiger partial charge on any atom is -0.313 e. The van der Waals surface area contributed by atoms with Crippen molar-refractivity contribution < 1.29 is 0 Å². The molecule has 0 aliphatic rings. The fraction of sp³-hybridized carbons (Fsp3) is 0.400. The van der Waals surface area contributed by atoms with Gasteiger partial charge in [0.25, 0.3) is 0 Å². The number of aromatic nitrogens is 2. The highest BCUT2D eigenvalue weighted by Crippen LogP contribution is 2.27. The van der Waals surface area contributed by atoms with Gasteiger partial charge in [-0.15, -0.1) is 0 Å². The van der Waals surface area contributed by atoms with E-state index in [1.807, 2.05) is 25.7 Å². The minimum atomic E-state index is 0.282. The molecule has 0 saturated heterocycles. The van der Waals surface area contributed by atoms with Crippen LogP contribution >= 0.6 is 15.9 Å². The SMILES string of the molecule is CNC(Cc1cc(C)nn1C)c1cc(C)ccc1Br. The van der Waals surface area contributed by atoms with Gasteiger partial charge < -0.3 is 5.32 Å². The molecule has 1 unspecified atom stereocenters. The van der Waals surface area contributed by atoms with E-state index in [-0.39, 0.29) is 6.04 Å². The number of rotatable bonds is 4. The molecule has 0 bridgehead atoms. The van der Waals surface area contributed by atoms with Crippen LogP contribution in [0.15, 0.2) is 28.7 Å². The molecule has 102 valence electrons. The number of nitrogens with zero attached hydrogens (tertiary/aromatic N) is 2. The van der Waals surface area contributed by atoms with Gasteiger partial charge in [-0.05, 0) is 38.6 Å².